The summed E-state index contributed by atoms with van der Waals surface area (Å²) in [4.78, 5) is 50.1. The molecule has 0 aromatic rings. The molecule has 1 rings (SSSR count). The molecule has 34 heavy (non-hydrogen) atoms. The Morgan fingerprint density at radius 3 is 2.03 bits per heavy atom. The van der Waals surface area contributed by atoms with E-state index < -0.39 is 35.4 Å². The summed E-state index contributed by atoms with van der Waals surface area (Å²) < 4.78 is 0. The number of thiol groups is 2. The van der Waals surface area contributed by atoms with Crippen molar-refractivity contribution in [2.24, 2.45) is 0 Å². The number of rotatable bonds is 17. The SMILES string of the molecule is CC(C)(NC(=O)[C@H](CCCCCS)NC(=O)[C@@H]1CCCN1)C(=O)N[C@@H](CCCCCS)C(=O)O. The summed E-state index contributed by atoms with van der Waals surface area (Å²) in [7, 11) is 0. The van der Waals surface area contributed by atoms with Gasteiger partial charge in [0.1, 0.15) is 17.6 Å². The number of amides is 3. The fourth-order valence-corrected chi connectivity index (χ4v) is 4.22. The van der Waals surface area contributed by atoms with E-state index in [4.69, 9.17) is 0 Å². The minimum Gasteiger partial charge on any atom is -0.480 e. The van der Waals surface area contributed by atoms with E-state index >= 15 is 0 Å². The number of nitrogens with one attached hydrogen (secondary N) is 4. The van der Waals surface area contributed by atoms with Gasteiger partial charge in [-0.3, -0.25) is 14.4 Å². The summed E-state index contributed by atoms with van der Waals surface area (Å²) in [5.41, 5.74) is -1.35. The third-order valence-corrected chi connectivity index (χ3v) is 6.55. The molecular formula is C23H42N4O5S2. The highest BCUT2D eigenvalue weighted by molar-refractivity contribution is 7.80. The van der Waals surface area contributed by atoms with Gasteiger partial charge in [-0.15, -0.1) is 0 Å². The molecule has 0 aromatic carbocycles. The number of hydrogen-bond donors (Lipinski definition) is 7. The van der Waals surface area contributed by atoms with Gasteiger partial charge in [-0.2, -0.15) is 25.3 Å². The lowest BCUT2D eigenvalue weighted by Gasteiger charge is -2.30. The largest absolute Gasteiger partial charge is 0.480 e. The molecule has 1 fully saturated rings. The van der Waals surface area contributed by atoms with Gasteiger partial charge in [0.2, 0.25) is 17.7 Å². The zero-order valence-electron chi connectivity index (χ0n) is 20.4. The summed E-state index contributed by atoms with van der Waals surface area (Å²) in [6, 6.07) is -2.13. The molecule has 0 bridgehead atoms. The van der Waals surface area contributed by atoms with Crippen LogP contribution in [0.4, 0.5) is 0 Å². The van der Waals surface area contributed by atoms with Gasteiger partial charge in [0.05, 0.1) is 6.04 Å². The van der Waals surface area contributed by atoms with E-state index in [1.807, 2.05) is 0 Å². The number of hydrogen-bond acceptors (Lipinski definition) is 7. The molecule has 3 atom stereocenters. The van der Waals surface area contributed by atoms with Crippen molar-refractivity contribution in [3.05, 3.63) is 0 Å². The fraction of sp³-hybridized carbons (Fsp3) is 0.826. The van der Waals surface area contributed by atoms with Crippen molar-refractivity contribution in [3.8, 4) is 0 Å². The van der Waals surface area contributed by atoms with Crippen LogP contribution in [0.3, 0.4) is 0 Å². The normalized spacial score (nSPS) is 17.6. The zero-order chi connectivity index (χ0) is 25.6. The van der Waals surface area contributed by atoms with Crippen LogP contribution in [-0.4, -0.2) is 70.5 Å². The van der Waals surface area contributed by atoms with Gasteiger partial charge in [-0.1, -0.05) is 25.7 Å². The Kier molecular flexibility index (Phi) is 14.6. The minimum atomic E-state index is -1.35. The molecule has 0 unspecified atom stereocenters. The molecule has 1 heterocycles. The van der Waals surface area contributed by atoms with Gasteiger partial charge in [0.15, 0.2) is 0 Å². The quantitative estimate of drug-likeness (QED) is 0.116. The Morgan fingerprint density at radius 2 is 1.53 bits per heavy atom. The van der Waals surface area contributed by atoms with Crippen LogP contribution in [0.1, 0.15) is 78.1 Å². The lowest BCUT2D eigenvalue weighted by Crippen LogP contribution is -2.61. The number of carboxylic acid groups (broad SMARTS) is 1. The van der Waals surface area contributed by atoms with Gasteiger partial charge in [0, 0.05) is 0 Å². The summed E-state index contributed by atoms with van der Waals surface area (Å²) >= 11 is 8.35. The zero-order valence-corrected chi connectivity index (χ0v) is 22.2. The molecule has 11 heteroatoms. The van der Waals surface area contributed by atoms with Crippen molar-refractivity contribution in [2.45, 2.75) is 102 Å². The van der Waals surface area contributed by atoms with E-state index in [1.54, 1.807) is 0 Å². The maximum absolute atomic E-state index is 13.1. The Bertz CT molecular complexity index is 672. The Morgan fingerprint density at radius 1 is 0.941 bits per heavy atom. The molecule has 3 amide bonds. The van der Waals surface area contributed by atoms with Crippen LogP contribution in [0.25, 0.3) is 0 Å². The molecule has 5 N–H and O–H groups in total. The molecular weight excluding hydrogens is 476 g/mol. The average molecular weight is 519 g/mol. The van der Waals surface area contributed by atoms with Crippen molar-refractivity contribution in [3.63, 3.8) is 0 Å². The molecule has 0 aliphatic carbocycles. The first-order chi connectivity index (χ1) is 16.1. The summed E-state index contributed by atoms with van der Waals surface area (Å²) in [5.74, 6) is -0.896. The predicted octanol–water partition coefficient (Wildman–Crippen LogP) is 1.67. The standard InChI is InChI=1S/C23H42N4O5S2/c1-23(2,22(32)26-18(21(30)31)11-6-4-8-15-34)27-20(29)17(10-5-3-7-14-33)25-19(28)16-12-9-13-24-16/h16-18,24,33-34H,3-15H2,1-2H3,(H,25,28)(H,26,32)(H,27,29)(H,30,31)/t16-,17-,18-/m0/s1. The summed E-state index contributed by atoms with van der Waals surface area (Å²) in [6.45, 7) is 3.82. The monoisotopic (exact) mass is 518 g/mol. The highest BCUT2D eigenvalue weighted by Crippen LogP contribution is 2.12. The molecule has 9 nitrogen and oxygen atoms in total. The summed E-state index contributed by atoms with van der Waals surface area (Å²) in [5, 5.41) is 20.7. The Balaban J connectivity index is 2.75. The lowest BCUT2D eigenvalue weighted by molar-refractivity contribution is -0.143. The maximum Gasteiger partial charge on any atom is 0.326 e. The number of carbonyl (C=O) groups excluding carboxylic acids is 3. The van der Waals surface area contributed by atoms with Gasteiger partial charge >= 0.3 is 5.97 Å². The smallest absolute Gasteiger partial charge is 0.326 e. The second kappa shape index (κ2) is 16.3. The first-order valence-corrected chi connectivity index (χ1v) is 13.5. The van der Waals surface area contributed by atoms with E-state index in [0.29, 0.717) is 19.3 Å². The van der Waals surface area contributed by atoms with Crippen molar-refractivity contribution < 1.29 is 24.3 Å². The maximum atomic E-state index is 13.1. The predicted molar refractivity (Wildman–Crippen MR) is 139 cm³/mol. The minimum absolute atomic E-state index is 0.221. The number of carbonyl (C=O) groups is 4. The third kappa shape index (κ3) is 11.3. The second-order valence-electron chi connectivity index (χ2n) is 9.33. The average Bonchev–Trinajstić information content (AvgIpc) is 3.32. The van der Waals surface area contributed by atoms with Crippen LogP contribution in [0, 0.1) is 0 Å². The van der Waals surface area contributed by atoms with Gasteiger partial charge in [-0.05, 0) is 70.4 Å². The molecule has 0 spiro atoms. The topological polar surface area (TPSA) is 137 Å². The van der Waals surface area contributed by atoms with Crippen LogP contribution in [-0.2, 0) is 19.2 Å². The van der Waals surface area contributed by atoms with Crippen molar-refractivity contribution in [2.75, 3.05) is 18.1 Å². The van der Waals surface area contributed by atoms with Crippen molar-refractivity contribution in [1.29, 1.82) is 0 Å². The lowest BCUT2D eigenvalue weighted by atomic mass is 10.00. The molecule has 196 valence electrons. The van der Waals surface area contributed by atoms with Gasteiger partial charge in [0.25, 0.3) is 0 Å². The number of carboxylic acids is 1. The van der Waals surface area contributed by atoms with Gasteiger partial charge in [-0.25, -0.2) is 4.79 Å². The molecule has 0 radical (unpaired) electrons. The Labute approximate surface area is 214 Å². The fourth-order valence-electron chi connectivity index (χ4n) is 3.77. The van der Waals surface area contributed by atoms with Crippen LogP contribution in [0.5, 0.6) is 0 Å². The second-order valence-corrected chi connectivity index (χ2v) is 10.2. The van der Waals surface area contributed by atoms with Crippen molar-refractivity contribution >= 4 is 48.9 Å². The molecule has 1 aliphatic rings. The molecule has 1 saturated heterocycles. The van der Waals surface area contributed by atoms with Crippen LogP contribution in [0.15, 0.2) is 0 Å². The van der Waals surface area contributed by atoms with Gasteiger partial charge < -0.3 is 26.4 Å². The first-order valence-electron chi connectivity index (χ1n) is 12.2. The van der Waals surface area contributed by atoms with E-state index in [1.165, 1.54) is 13.8 Å². The number of aliphatic carboxylic acids is 1. The van der Waals surface area contributed by atoms with Crippen LogP contribution >= 0.6 is 25.3 Å². The van der Waals surface area contributed by atoms with E-state index in [0.717, 1.165) is 63.0 Å². The summed E-state index contributed by atoms with van der Waals surface area (Å²) in [6.07, 6.45) is 7.25. The molecule has 0 saturated carbocycles. The van der Waals surface area contributed by atoms with E-state index in [2.05, 4.69) is 46.5 Å². The molecule has 1 aliphatic heterocycles. The van der Waals surface area contributed by atoms with E-state index in [9.17, 15) is 24.3 Å². The van der Waals surface area contributed by atoms with Crippen LogP contribution < -0.4 is 21.3 Å². The number of unbranched alkanes of at least 4 members (excludes halogenated alkanes) is 4. The Hall–Kier alpha value is -1.46. The first kappa shape index (κ1) is 30.6. The molecule has 0 aromatic heterocycles. The third-order valence-electron chi connectivity index (χ3n) is 5.92. The van der Waals surface area contributed by atoms with Crippen LogP contribution in [0.2, 0.25) is 0 Å². The van der Waals surface area contributed by atoms with Crippen molar-refractivity contribution in [1.82, 2.24) is 21.3 Å². The van der Waals surface area contributed by atoms with E-state index in [-0.39, 0.29) is 11.9 Å². The highest BCUT2D eigenvalue weighted by Gasteiger charge is 2.35. The highest BCUT2D eigenvalue weighted by atomic mass is 32.1.